The van der Waals surface area contributed by atoms with Gasteiger partial charge in [0.1, 0.15) is 5.75 Å². The molecule has 0 spiro atoms. The predicted molar refractivity (Wildman–Crippen MR) is 104 cm³/mol. The van der Waals surface area contributed by atoms with Crippen LogP contribution in [0.3, 0.4) is 0 Å². The average Bonchev–Trinajstić information content (AvgIpc) is 3.12. The summed E-state index contributed by atoms with van der Waals surface area (Å²) >= 11 is 13.0. The molecule has 0 aliphatic heterocycles. The van der Waals surface area contributed by atoms with E-state index in [0.29, 0.717) is 26.7 Å². The molecule has 3 aromatic rings. The van der Waals surface area contributed by atoms with Crippen LogP contribution in [0.15, 0.2) is 47.6 Å². The number of amides is 1. The van der Waals surface area contributed by atoms with Crippen LogP contribution in [0.5, 0.6) is 5.75 Å². The number of thioether (sulfide) groups is 1. The average molecular weight is 409 g/mol. The third-order valence-corrected chi connectivity index (χ3v) is 4.95. The lowest BCUT2D eigenvalue weighted by molar-refractivity contribution is -0.113. The van der Waals surface area contributed by atoms with E-state index in [1.165, 1.54) is 11.8 Å². The highest BCUT2D eigenvalue weighted by atomic mass is 35.5. The molecule has 2 aromatic carbocycles. The number of anilines is 1. The molecular formula is C17H14Cl2N4O2S. The molecule has 0 aliphatic rings. The lowest BCUT2D eigenvalue weighted by Crippen LogP contribution is -2.14. The summed E-state index contributed by atoms with van der Waals surface area (Å²) in [4.78, 5) is 16.4. The van der Waals surface area contributed by atoms with E-state index < -0.39 is 0 Å². The highest BCUT2D eigenvalue weighted by Crippen LogP contribution is 2.25. The number of aromatic amines is 1. The molecule has 0 saturated carbocycles. The normalized spacial score (nSPS) is 10.6. The Morgan fingerprint density at radius 1 is 1.19 bits per heavy atom. The van der Waals surface area contributed by atoms with Gasteiger partial charge in [0.25, 0.3) is 0 Å². The van der Waals surface area contributed by atoms with Crippen LogP contribution in [0.1, 0.15) is 0 Å². The van der Waals surface area contributed by atoms with Crippen molar-refractivity contribution in [1.29, 1.82) is 0 Å². The molecular weight excluding hydrogens is 395 g/mol. The lowest BCUT2D eigenvalue weighted by Gasteiger charge is -2.05. The third kappa shape index (κ3) is 4.69. The first-order chi connectivity index (χ1) is 12.5. The first kappa shape index (κ1) is 18.6. The number of nitrogens with zero attached hydrogens (tertiary/aromatic N) is 2. The van der Waals surface area contributed by atoms with Gasteiger partial charge in [0.05, 0.1) is 22.9 Å². The number of ether oxygens (including phenoxy) is 1. The zero-order valence-electron chi connectivity index (χ0n) is 13.6. The van der Waals surface area contributed by atoms with Crippen LogP contribution in [0.2, 0.25) is 10.0 Å². The van der Waals surface area contributed by atoms with Crippen LogP contribution in [-0.2, 0) is 4.79 Å². The van der Waals surface area contributed by atoms with Crippen molar-refractivity contribution in [1.82, 2.24) is 15.2 Å². The van der Waals surface area contributed by atoms with Gasteiger partial charge in [-0.15, -0.1) is 5.10 Å². The summed E-state index contributed by atoms with van der Waals surface area (Å²) < 4.78 is 5.13. The fraction of sp³-hybridized carbons (Fsp3) is 0.118. The van der Waals surface area contributed by atoms with Crippen LogP contribution >= 0.6 is 35.0 Å². The summed E-state index contributed by atoms with van der Waals surface area (Å²) in [6.07, 6.45) is 0. The number of rotatable bonds is 6. The van der Waals surface area contributed by atoms with E-state index in [4.69, 9.17) is 27.9 Å². The Hall–Kier alpha value is -2.22. The van der Waals surface area contributed by atoms with E-state index in [9.17, 15) is 4.79 Å². The molecule has 0 atom stereocenters. The Morgan fingerprint density at radius 2 is 1.96 bits per heavy atom. The van der Waals surface area contributed by atoms with E-state index in [1.807, 2.05) is 24.3 Å². The van der Waals surface area contributed by atoms with Crippen LogP contribution in [0.4, 0.5) is 5.69 Å². The smallest absolute Gasteiger partial charge is 0.234 e. The van der Waals surface area contributed by atoms with E-state index in [0.717, 1.165) is 11.3 Å². The number of carbonyl (C=O) groups excluding carboxylic acids is 1. The number of carbonyl (C=O) groups is 1. The standard InChI is InChI=1S/C17H14Cl2N4O2S/c1-25-12-5-2-10(3-6-12)16-21-17(23-22-16)26-9-15(24)20-11-4-7-13(18)14(19)8-11/h2-8H,9H2,1H3,(H,20,24)(H,21,22,23). The third-order valence-electron chi connectivity index (χ3n) is 3.36. The summed E-state index contributed by atoms with van der Waals surface area (Å²) in [5, 5.41) is 11.0. The molecule has 0 unspecified atom stereocenters. The number of hydrogen-bond acceptors (Lipinski definition) is 5. The van der Waals surface area contributed by atoms with Crippen molar-refractivity contribution in [3.8, 4) is 17.1 Å². The highest BCUT2D eigenvalue weighted by Gasteiger charge is 2.10. The number of halogens is 2. The van der Waals surface area contributed by atoms with Crippen LogP contribution < -0.4 is 10.1 Å². The molecule has 26 heavy (non-hydrogen) atoms. The molecule has 3 rings (SSSR count). The van der Waals surface area contributed by atoms with E-state index in [1.54, 1.807) is 25.3 Å². The topological polar surface area (TPSA) is 79.9 Å². The summed E-state index contributed by atoms with van der Waals surface area (Å²) in [7, 11) is 1.61. The Balaban J connectivity index is 1.56. The second-order valence-electron chi connectivity index (χ2n) is 5.16. The van der Waals surface area contributed by atoms with E-state index in [-0.39, 0.29) is 11.7 Å². The van der Waals surface area contributed by atoms with Gasteiger partial charge in [0.2, 0.25) is 11.1 Å². The minimum absolute atomic E-state index is 0.167. The van der Waals surface area contributed by atoms with Crippen molar-refractivity contribution in [3.05, 3.63) is 52.5 Å². The van der Waals surface area contributed by atoms with Crippen molar-refractivity contribution in [2.75, 3.05) is 18.2 Å². The molecule has 1 amide bonds. The highest BCUT2D eigenvalue weighted by molar-refractivity contribution is 7.99. The maximum atomic E-state index is 12.0. The summed E-state index contributed by atoms with van der Waals surface area (Å²) in [6, 6.07) is 12.4. The van der Waals surface area contributed by atoms with Crippen LogP contribution in [0.25, 0.3) is 11.4 Å². The Morgan fingerprint density at radius 3 is 2.65 bits per heavy atom. The summed E-state index contributed by atoms with van der Waals surface area (Å²) in [6.45, 7) is 0. The Bertz CT molecular complexity index is 915. The molecule has 0 bridgehead atoms. The van der Waals surface area contributed by atoms with Crippen molar-refractivity contribution < 1.29 is 9.53 Å². The van der Waals surface area contributed by atoms with Crippen molar-refractivity contribution >= 4 is 46.6 Å². The molecule has 0 saturated heterocycles. The lowest BCUT2D eigenvalue weighted by atomic mass is 10.2. The van der Waals surface area contributed by atoms with Gasteiger partial charge in [0, 0.05) is 11.3 Å². The zero-order valence-corrected chi connectivity index (χ0v) is 16.0. The molecule has 6 nitrogen and oxygen atoms in total. The predicted octanol–water partition coefficient (Wildman–Crippen LogP) is 4.52. The van der Waals surface area contributed by atoms with Gasteiger partial charge in [-0.05, 0) is 42.5 Å². The molecule has 1 heterocycles. The summed E-state index contributed by atoms with van der Waals surface area (Å²) in [5.41, 5.74) is 1.46. The fourth-order valence-corrected chi connectivity index (χ4v) is 2.99. The fourth-order valence-electron chi connectivity index (χ4n) is 2.09. The van der Waals surface area contributed by atoms with Gasteiger partial charge in [0.15, 0.2) is 5.82 Å². The monoisotopic (exact) mass is 408 g/mol. The van der Waals surface area contributed by atoms with Crippen molar-refractivity contribution in [2.24, 2.45) is 0 Å². The maximum absolute atomic E-state index is 12.0. The number of aromatic nitrogens is 3. The van der Waals surface area contributed by atoms with Crippen LogP contribution in [0, 0.1) is 0 Å². The number of methoxy groups -OCH3 is 1. The van der Waals surface area contributed by atoms with Gasteiger partial charge >= 0.3 is 0 Å². The molecule has 9 heteroatoms. The number of H-pyrrole nitrogens is 1. The first-order valence-electron chi connectivity index (χ1n) is 7.49. The Kier molecular flexibility index (Phi) is 6.03. The second-order valence-corrected chi connectivity index (χ2v) is 6.92. The van der Waals surface area contributed by atoms with Gasteiger partial charge in [-0.1, -0.05) is 35.0 Å². The largest absolute Gasteiger partial charge is 0.497 e. The van der Waals surface area contributed by atoms with E-state index >= 15 is 0 Å². The Labute approximate surface area is 164 Å². The van der Waals surface area contributed by atoms with Crippen LogP contribution in [-0.4, -0.2) is 34.0 Å². The van der Waals surface area contributed by atoms with E-state index in [2.05, 4.69) is 20.5 Å². The molecule has 0 fully saturated rings. The molecule has 0 radical (unpaired) electrons. The van der Waals surface area contributed by atoms with Crippen molar-refractivity contribution in [3.63, 3.8) is 0 Å². The van der Waals surface area contributed by atoms with Gasteiger partial charge in [-0.2, -0.15) is 0 Å². The SMILES string of the molecule is COc1ccc(-c2nc(SCC(=O)Nc3ccc(Cl)c(Cl)c3)n[nH]2)cc1. The zero-order chi connectivity index (χ0) is 18.5. The molecule has 0 aliphatic carbocycles. The summed E-state index contributed by atoms with van der Waals surface area (Å²) in [5.74, 6) is 1.37. The number of nitrogens with one attached hydrogen (secondary N) is 2. The van der Waals surface area contributed by atoms with Crippen molar-refractivity contribution in [2.45, 2.75) is 5.16 Å². The van der Waals surface area contributed by atoms with Gasteiger partial charge in [-0.3, -0.25) is 9.89 Å². The quantitative estimate of drug-likeness (QED) is 0.586. The number of benzene rings is 2. The van der Waals surface area contributed by atoms with Gasteiger partial charge < -0.3 is 10.1 Å². The first-order valence-corrected chi connectivity index (χ1v) is 9.24. The molecule has 2 N–H and O–H groups in total. The minimum atomic E-state index is -0.191. The maximum Gasteiger partial charge on any atom is 0.234 e. The molecule has 1 aromatic heterocycles. The van der Waals surface area contributed by atoms with Gasteiger partial charge in [-0.25, -0.2) is 4.98 Å². The second kappa shape index (κ2) is 8.44. The molecule has 134 valence electrons. The minimum Gasteiger partial charge on any atom is -0.497 e. The number of hydrogen-bond donors (Lipinski definition) is 2.